The first-order chi connectivity index (χ1) is 9.25. The van der Waals surface area contributed by atoms with Crippen molar-refractivity contribution in [3.05, 3.63) is 28.6 Å². The highest BCUT2D eigenvalue weighted by molar-refractivity contribution is 7.89. The van der Waals surface area contributed by atoms with Crippen molar-refractivity contribution in [3.8, 4) is 0 Å². The van der Waals surface area contributed by atoms with E-state index in [9.17, 15) is 13.2 Å². The van der Waals surface area contributed by atoms with Gasteiger partial charge in [-0.05, 0) is 27.2 Å². The summed E-state index contributed by atoms with van der Waals surface area (Å²) in [5.41, 5.74) is 1.74. The maximum Gasteiger partial charge on any atom is 0.352 e. The van der Waals surface area contributed by atoms with E-state index < -0.39 is 16.0 Å². The van der Waals surface area contributed by atoms with Crippen molar-refractivity contribution in [2.45, 2.75) is 32.1 Å². The molecule has 1 aromatic rings. The first-order valence-electron chi connectivity index (χ1n) is 6.33. The van der Waals surface area contributed by atoms with E-state index in [1.165, 1.54) is 16.8 Å². The van der Waals surface area contributed by atoms with E-state index in [-0.39, 0.29) is 16.2 Å². The summed E-state index contributed by atoms with van der Waals surface area (Å²) < 4.78 is 26.7. The minimum Gasteiger partial charge on any atom is -0.477 e. The molecule has 1 aromatic heterocycles. The number of hydrogen-bond acceptors (Lipinski definition) is 3. The molecule has 7 heteroatoms. The predicted octanol–water partition coefficient (Wildman–Crippen LogP) is 1.67. The molecule has 0 aliphatic carbocycles. The lowest BCUT2D eigenvalue weighted by molar-refractivity contribution is 0.0690. The quantitative estimate of drug-likeness (QED) is 0.831. The second-order valence-electron chi connectivity index (χ2n) is 5.05. The Balaban J connectivity index is 2.48. The molecule has 0 amide bonds. The Morgan fingerprint density at radius 3 is 2.45 bits per heavy atom. The minimum absolute atomic E-state index is 0.0650. The molecular formula is C13H18N2O4S. The zero-order valence-electron chi connectivity index (χ0n) is 11.7. The monoisotopic (exact) mass is 298 g/mol. The molecular weight excluding hydrogens is 280 g/mol. The van der Waals surface area contributed by atoms with Crippen molar-refractivity contribution in [2.24, 2.45) is 0 Å². The van der Waals surface area contributed by atoms with E-state index in [2.05, 4.69) is 4.98 Å². The van der Waals surface area contributed by atoms with E-state index in [1.807, 2.05) is 13.0 Å². The number of nitrogens with zero attached hydrogens (tertiary/aromatic N) is 1. The largest absolute Gasteiger partial charge is 0.477 e. The van der Waals surface area contributed by atoms with Gasteiger partial charge in [0.1, 0.15) is 10.6 Å². The fourth-order valence-corrected chi connectivity index (χ4v) is 4.22. The van der Waals surface area contributed by atoms with Crippen molar-refractivity contribution in [3.63, 3.8) is 0 Å². The maximum atomic E-state index is 12.7. The molecule has 2 rings (SSSR count). The number of nitrogens with one attached hydrogen (secondary N) is 1. The third-order valence-electron chi connectivity index (χ3n) is 3.58. The van der Waals surface area contributed by atoms with Crippen LogP contribution in [0.15, 0.2) is 16.5 Å². The summed E-state index contributed by atoms with van der Waals surface area (Å²) in [6.45, 7) is 5.83. The number of carbonyl (C=O) groups is 1. The Labute approximate surface area is 118 Å². The molecule has 1 aliphatic heterocycles. The molecule has 0 atom stereocenters. The summed E-state index contributed by atoms with van der Waals surface area (Å²) >= 11 is 0. The van der Waals surface area contributed by atoms with Crippen LogP contribution in [0.2, 0.25) is 0 Å². The van der Waals surface area contributed by atoms with Crippen LogP contribution in [0.3, 0.4) is 0 Å². The molecule has 0 fully saturated rings. The predicted molar refractivity (Wildman–Crippen MR) is 74.4 cm³/mol. The van der Waals surface area contributed by atoms with Crippen molar-refractivity contribution in [2.75, 3.05) is 13.1 Å². The van der Waals surface area contributed by atoms with Gasteiger partial charge in [0.05, 0.1) is 0 Å². The van der Waals surface area contributed by atoms with E-state index in [1.54, 1.807) is 6.92 Å². The second-order valence-corrected chi connectivity index (χ2v) is 6.92. The number of carboxylic acid groups (broad SMARTS) is 1. The number of rotatable bonds is 3. The summed E-state index contributed by atoms with van der Waals surface area (Å²) in [5.74, 6) is -1.15. The Morgan fingerprint density at radius 1 is 1.35 bits per heavy atom. The van der Waals surface area contributed by atoms with Gasteiger partial charge in [0, 0.05) is 24.3 Å². The van der Waals surface area contributed by atoms with Crippen LogP contribution in [0.5, 0.6) is 0 Å². The summed E-state index contributed by atoms with van der Waals surface area (Å²) in [6, 6.07) is 0. The van der Waals surface area contributed by atoms with E-state index in [0.29, 0.717) is 25.2 Å². The van der Waals surface area contributed by atoms with E-state index in [0.717, 1.165) is 0 Å². The number of hydrogen-bond donors (Lipinski definition) is 2. The van der Waals surface area contributed by atoms with Gasteiger partial charge in [0.25, 0.3) is 0 Å². The molecule has 20 heavy (non-hydrogen) atoms. The molecule has 110 valence electrons. The van der Waals surface area contributed by atoms with Crippen LogP contribution < -0.4 is 0 Å². The van der Waals surface area contributed by atoms with Crippen LogP contribution >= 0.6 is 0 Å². The summed E-state index contributed by atoms with van der Waals surface area (Å²) in [6.07, 6.45) is 2.59. The third kappa shape index (κ3) is 2.38. The molecule has 0 bridgehead atoms. The standard InChI is InChI=1S/C13H18N2O4S/c1-8-4-6-15(7-5-8)20(18,19)12-9(2)11(13(16)17)14-10(12)3/h4,14H,5-7H2,1-3H3,(H,16,17). The van der Waals surface area contributed by atoms with Crippen LogP contribution in [-0.2, 0) is 10.0 Å². The van der Waals surface area contributed by atoms with Gasteiger partial charge in [0.15, 0.2) is 0 Å². The van der Waals surface area contributed by atoms with Gasteiger partial charge in [0.2, 0.25) is 10.0 Å². The topological polar surface area (TPSA) is 90.5 Å². The summed E-state index contributed by atoms with van der Waals surface area (Å²) in [5, 5.41) is 9.07. The smallest absolute Gasteiger partial charge is 0.352 e. The fraction of sp³-hybridized carbons (Fsp3) is 0.462. The number of aromatic amines is 1. The van der Waals surface area contributed by atoms with Crippen LogP contribution in [-0.4, -0.2) is 41.9 Å². The van der Waals surface area contributed by atoms with Crippen LogP contribution in [0.25, 0.3) is 0 Å². The zero-order valence-corrected chi connectivity index (χ0v) is 12.5. The van der Waals surface area contributed by atoms with Crippen LogP contribution in [0.1, 0.15) is 35.1 Å². The van der Waals surface area contributed by atoms with Gasteiger partial charge < -0.3 is 10.1 Å². The van der Waals surface area contributed by atoms with Crippen molar-refractivity contribution in [1.82, 2.24) is 9.29 Å². The van der Waals surface area contributed by atoms with Crippen molar-refractivity contribution >= 4 is 16.0 Å². The first kappa shape index (κ1) is 14.8. The Morgan fingerprint density at radius 2 is 2.00 bits per heavy atom. The van der Waals surface area contributed by atoms with E-state index in [4.69, 9.17) is 5.11 Å². The average molecular weight is 298 g/mol. The highest BCUT2D eigenvalue weighted by atomic mass is 32.2. The molecule has 0 saturated carbocycles. The first-order valence-corrected chi connectivity index (χ1v) is 7.77. The molecule has 0 spiro atoms. The number of aromatic nitrogens is 1. The molecule has 2 N–H and O–H groups in total. The third-order valence-corrected chi connectivity index (χ3v) is 5.72. The van der Waals surface area contributed by atoms with Gasteiger partial charge in [-0.25, -0.2) is 13.2 Å². The minimum atomic E-state index is -3.67. The molecule has 0 radical (unpaired) electrons. The molecule has 2 heterocycles. The highest BCUT2D eigenvalue weighted by Crippen LogP contribution is 2.28. The molecule has 0 saturated heterocycles. The lowest BCUT2D eigenvalue weighted by Crippen LogP contribution is -2.35. The number of H-pyrrole nitrogens is 1. The van der Waals surface area contributed by atoms with Crippen molar-refractivity contribution < 1.29 is 18.3 Å². The van der Waals surface area contributed by atoms with Gasteiger partial charge in [-0.2, -0.15) is 4.31 Å². The molecule has 0 aromatic carbocycles. The lowest BCUT2D eigenvalue weighted by atomic mass is 10.1. The van der Waals surface area contributed by atoms with Gasteiger partial charge in [-0.3, -0.25) is 0 Å². The van der Waals surface area contributed by atoms with Gasteiger partial charge in [-0.1, -0.05) is 11.6 Å². The average Bonchev–Trinajstić information content (AvgIpc) is 2.66. The van der Waals surface area contributed by atoms with Crippen LogP contribution in [0.4, 0.5) is 0 Å². The van der Waals surface area contributed by atoms with Gasteiger partial charge >= 0.3 is 5.97 Å². The Kier molecular flexibility index (Phi) is 3.75. The zero-order chi connectivity index (χ0) is 15.1. The maximum absolute atomic E-state index is 12.7. The number of sulfonamides is 1. The van der Waals surface area contributed by atoms with E-state index >= 15 is 0 Å². The van der Waals surface area contributed by atoms with Crippen molar-refractivity contribution in [1.29, 1.82) is 0 Å². The number of aromatic carboxylic acids is 1. The molecule has 1 aliphatic rings. The molecule has 0 unspecified atom stereocenters. The Hall–Kier alpha value is -1.60. The van der Waals surface area contributed by atoms with Crippen LogP contribution in [0, 0.1) is 13.8 Å². The normalized spacial score (nSPS) is 17.1. The SMILES string of the molecule is CC1=CCN(S(=O)(=O)c2c(C)[nH]c(C(=O)O)c2C)CC1. The lowest BCUT2D eigenvalue weighted by Gasteiger charge is -2.25. The fourth-order valence-electron chi connectivity index (χ4n) is 2.43. The second kappa shape index (κ2) is 5.06. The molecule has 6 nitrogen and oxygen atoms in total. The number of carboxylic acids is 1. The summed E-state index contributed by atoms with van der Waals surface area (Å²) in [4.78, 5) is 13.8. The highest BCUT2D eigenvalue weighted by Gasteiger charge is 2.32. The Bertz CT molecular complexity index is 685. The van der Waals surface area contributed by atoms with Gasteiger partial charge in [-0.15, -0.1) is 0 Å². The number of aryl methyl sites for hydroxylation is 1. The summed E-state index contributed by atoms with van der Waals surface area (Å²) in [7, 11) is -3.67.